The smallest absolute Gasteiger partial charge is 0.303 e. The Labute approximate surface area is 88.9 Å². The van der Waals surface area contributed by atoms with Gasteiger partial charge >= 0.3 is 5.97 Å². The van der Waals surface area contributed by atoms with Crippen molar-refractivity contribution in [3.05, 3.63) is 22.8 Å². The Hall–Kier alpha value is -1.71. The molecule has 0 aliphatic heterocycles. The normalized spacial score (nSPS) is 10.3. The van der Waals surface area contributed by atoms with Crippen LogP contribution in [0.5, 0.6) is 0 Å². The number of anilines is 2. The van der Waals surface area contributed by atoms with Crippen LogP contribution in [0.4, 0.5) is 11.4 Å². The number of rotatable bonds is 3. The lowest BCUT2D eigenvalue weighted by atomic mass is 9.97. The Morgan fingerprint density at radius 2 is 2.00 bits per heavy atom. The predicted molar refractivity (Wildman–Crippen MR) is 60.7 cm³/mol. The molecule has 4 heteroatoms. The molecular formula is C11H16N2O2. The van der Waals surface area contributed by atoms with Crippen molar-refractivity contribution in [1.29, 1.82) is 0 Å². The minimum absolute atomic E-state index is 0.0769. The van der Waals surface area contributed by atoms with E-state index < -0.39 is 5.97 Å². The molecule has 0 saturated heterocycles. The zero-order valence-corrected chi connectivity index (χ0v) is 9.00. The van der Waals surface area contributed by atoms with E-state index in [2.05, 4.69) is 0 Å². The Morgan fingerprint density at radius 3 is 2.53 bits per heavy atom. The maximum Gasteiger partial charge on any atom is 0.303 e. The Bertz CT molecular complexity index is 400. The Morgan fingerprint density at radius 1 is 1.40 bits per heavy atom. The van der Waals surface area contributed by atoms with Gasteiger partial charge in [-0.15, -0.1) is 0 Å². The molecule has 0 spiro atoms. The van der Waals surface area contributed by atoms with Crippen molar-refractivity contribution in [2.45, 2.75) is 26.7 Å². The van der Waals surface area contributed by atoms with Crippen molar-refractivity contribution >= 4 is 17.3 Å². The van der Waals surface area contributed by atoms with E-state index in [0.717, 1.165) is 16.7 Å². The van der Waals surface area contributed by atoms with E-state index in [9.17, 15) is 4.79 Å². The fourth-order valence-corrected chi connectivity index (χ4v) is 1.64. The fraction of sp³-hybridized carbons (Fsp3) is 0.364. The third kappa shape index (κ3) is 2.40. The van der Waals surface area contributed by atoms with E-state index in [-0.39, 0.29) is 6.42 Å². The maximum atomic E-state index is 10.5. The molecule has 0 radical (unpaired) electrons. The molecule has 0 aliphatic carbocycles. The molecule has 0 saturated carbocycles. The molecule has 82 valence electrons. The van der Waals surface area contributed by atoms with Crippen LogP contribution in [0.1, 0.15) is 23.1 Å². The van der Waals surface area contributed by atoms with Gasteiger partial charge in [0.25, 0.3) is 0 Å². The molecule has 1 aromatic rings. The number of carbonyl (C=O) groups is 1. The van der Waals surface area contributed by atoms with Crippen LogP contribution in [0.25, 0.3) is 0 Å². The summed E-state index contributed by atoms with van der Waals surface area (Å²) in [5, 5.41) is 8.61. The standard InChI is InChI=1S/C11H16N2O2/c1-6-5-9(12)8(3-4-10(14)15)7(2)11(6)13/h5H,3-4,12-13H2,1-2H3,(H,14,15). The van der Waals surface area contributed by atoms with Gasteiger partial charge in [0.1, 0.15) is 0 Å². The van der Waals surface area contributed by atoms with Gasteiger partial charge in [0, 0.05) is 17.8 Å². The van der Waals surface area contributed by atoms with Crippen molar-refractivity contribution in [3.63, 3.8) is 0 Å². The number of aliphatic carboxylic acids is 1. The maximum absolute atomic E-state index is 10.5. The molecule has 0 heterocycles. The van der Waals surface area contributed by atoms with Gasteiger partial charge < -0.3 is 16.6 Å². The van der Waals surface area contributed by atoms with Crippen LogP contribution in [0.2, 0.25) is 0 Å². The number of aryl methyl sites for hydroxylation is 1. The Kier molecular flexibility index (Phi) is 3.19. The predicted octanol–water partition coefficient (Wildman–Crippen LogP) is 1.49. The van der Waals surface area contributed by atoms with Gasteiger partial charge in [0.05, 0.1) is 0 Å². The van der Waals surface area contributed by atoms with Crippen molar-refractivity contribution in [3.8, 4) is 0 Å². The van der Waals surface area contributed by atoms with Gasteiger partial charge in [-0.05, 0) is 43.0 Å². The summed E-state index contributed by atoms with van der Waals surface area (Å²) in [5.41, 5.74) is 15.7. The average molecular weight is 208 g/mol. The first-order valence-electron chi connectivity index (χ1n) is 4.79. The zero-order chi connectivity index (χ0) is 11.6. The quantitative estimate of drug-likeness (QED) is 0.656. The first-order valence-corrected chi connectivity index (χ1v) is 4.79. The summed E-state index contributed by atoms with van der Waals surface area (Å²) >= 11 is 0. The Balaban J connectivity index is 3.07. The van der Waals surface area contributed by atoms with E-state index in [1.807, 2.05) is 13.8 Å². The molecule has 5 N–H and O–H groups in total. The van der Waals surface area contributed by atoms with E-state index in [1.165, 1.54) is 0 Å². The number of hydrogen-bond donors (Lipinski definition) is 3. The van der Waals surface area contributed by atoms with Crippen LogP contribution in [-0.2, 0) is 11.2 Å². The average Bonchev–Trinajstić information content (AvgIpc) is 2.14. The van der Waals surface area contributed by atoms with Crippen molar-refractivity contribution in [2.24, 2.45) is 0 Å². The first kappa shape index (κ1) is 11.4. The van der Waals surface area contributed by atoms with Crippen molar-refractivity contribution in [2.75, 3.05) is 11.5 Å². The molecule has 0 unspecified atom stereocenters. The summed E-state index contributed by atoms with van der Waals surface area (Å²) in [7, 11) is 0. The highest BCUT2D eigenvalue weighted by Crippen LogP contribution is 2.27. The van der Waals surface area contributed by atoms with Gasteiger partial charge in [0.2, 0.25) is 0 Å². The summed E-state index contributed by atoms with van der Waals surface area (Å²) in [6, 6.07) is 1.79. The van der Waals surface area contributed by atoms with Gasteiger partial charge in [-0.2, -0.15) is 0 Å². The molecule has 0 amide bonds. The lowest BCUT2D eigenvalue weighted by Gasteiger charge is -2.13. The number of nitrogens with two attached hydrogens (primary N) is 2. The van der Waals surface area contributed by atoms with Crippen LogP contribution in [0.15, 0.2) is 6.07 Å². The lowest BCUT2D eigenvalue weighted by molar-refractivity contribution is -0.136. The molecule has 15 heavy (non-hydrogen) atoms. The summed E-state index contributed by atoms with van der Waals surface area (Å²) < 4.78 is 0. The van der Waals surface area contributed by atoms with Gasteiger partial charge in [0.15, 0.2) is 0 Å². The third-order valence-corrected chi connectivity index (χ3v) is 2.59. The van der Waals surface area contributed by atoms with Gasteiger partial charge in [-0.3, -0.25) is 4.79 Å². The molecule has 0 atom stereocenters. The SMILES string of the molecule is Cc1cc(N)c(CCC(=O)O)c(C)c1N. The summed E-state index contributed by atoms with van der Waals surface area (Å²) in [4.78, 5) is 10.5. The number of carboxylic acid groups (broad SMARTS) is 1. The third-order valence-electron chi connectivity index (χ3n) is 2.59. The van der Waals surface area contributed by atoms with E-state index in [4.69, 9.17) is 16.6 Å². The molecule has 4 nitrogen and oxygen atoms in total. The van der Waals surface area contributed by atoms with Gasteiger partial charge in [-0.1, -0.05) is 0 Å². The van der Waals surface area contributed by atoms with Crippen LogP contribution >= 0.6 is 0 Å². The summed E-state index contributed by atoms with van der Waals surface area (Å²) in [5.74, 6) is -0.826. The second-order valence-corrected chi connectivity index (χ2v) is 3.69. The molecular weight excluding hydrogens is 192 g/mol. The second kappa shape index (κ2) is 4.21. The highest BCUT2D eigenvalue weighted by molar-refractivity contribution is 5.70. The van der Waals surface area contributed by atoms with Gasteiger partial charge in [-0.25, -0.2) is 0 Å². The lowest BCUT2D eigenvalue weighted by Crippen LogP contribution is -2.06. The molecule has 0 aromatic heterocycles. The highest BCUT2D eigenvalue weighted by Gasteiger charge is 2.10. The highest BCUT2D eigenvalue weighted by atomic mass is 16.4. The second-order valence-electron chi connectivity index (χ2n) is 3.69. The topological polar surface area (TPSA) is 89.3 Å². The fourth-order valence-electron chi connectivity index (χ4n) is 1.64. The van der Waals surface area contributed by atoms with E-state index >= 15 is 0 Å². The van der Waals surface area contributed by atoms with Crippen LogP contribution in [-0.4, -0.2) is 11.1 Å². The number of hydrogen-bond acceptors (Lipinski definition) is 3. The molecule has 0 aliphatic rings. The minimum Gasteiger partial charge on any atom is -0.481 e. The largest absolute Gasteiger partial charge is 0.481 e. The van der Waals surface area contributed by atoms with Crippen LogP contribution in [0.3, 0.4) is 0 Å². The van der Waals surface area contributed by atoms with Crippen LogP contribution in [0, 0.1) is 13.8 Å². The van der Waals surface area contributed by atoms with Crippen LogP contribution < -0.4 is 11.5 Å². The first-order chi connectivity index (χ1) is 6.93. The minimum atomic E-state index is -0.826. The molecule has 0 bridgehead atoms. The number of nitrogen functional groups attached to an aromatic ring is 2. The molecule has 0 fully saturated rings. The van der Waals surface area contributed by atoms with E-state index in [0.29, 0.717) is 17.8 Å². The van der Waals surface area contributed by atoms with Crippen molar-refractivity contribution in [1.82, 2.24) is 0 Å². The molecule has 1 aromatic carbocycles. The molecule has 1 rings (SSSR count). The monoisotopic (exact) mass is 208 g/mol. The number of benzene rings is 1. The summed E-state index contributed by atoms with van der Waals surface area (Å²) in [6.07, 6.45) is 0.505. The summed E-state index contributed by atoms with van der Waals surface area (Å²) in [6.45, 7) is 3.76. The van der Waals surface area contributed by atoms with Crippen molar-refractivity contribution < 1.29 is 9.90 Å². The zero-order valence-electron chi connectivity index (χ0n) is 9.00. The number of carboxylic acids is 1. The van der Waals surface area contributed by atoms with E-state index in [1.54, 1.807) is 6.07 Å².